The summed E-state index contributed by atoms with van der Waals surface area (Å²) in [5.74, 6) is -0.212. The quantitative estimate of drug-likeness (QED) is 0.858. The number of aromatic nitrogens is 2. The monoisotopic (exact) mass is 286 g/mol. The van der Waals surface area contributed by atoms with E-state index in [0.29, 0.717) is 15.2 Å². The van der Waals surface area contributed by atoms with Gasteiger partial charge in [-0.1, -0.05) is 6.07 Å². The van der Waals surface area contributed by atoms with Crippen molar-refractivity contribution in [2.24, 2.45) is 7.05 Å². The number of hydrogen-bond donors (Lipinski definition) is 1. The molecule has 0 aliphatic carbocycles. The van der Waals surface area contributed by atoms with Crippen molar-refractivity contribution in [3.8, 4) is 11.4 Å². The van der Waals surface area contributed by atoms with E-state index < -0.39 is 23.1 Å². The van der Waals surface area contributed by atoms with Gasteiger partial charge in [-0.2, -0.15) is 13.2 Å². The summed E-state index contributed by atoms with van der Waals surface area (Å²) < 4.78 is 38.9. The second-order valence-corrected chi connectivity index (χ2v) is 4.06. The van der Waals surface area contributed by atoms with Gasteiger partial charge in [0, 0.05) is 19.2 Å². The van der Waals surface area contributed by atoms with Gasteiger partial charge in [-0.05, 0) is 12.1 Å². The Kier molecular flexibility index (Phi) is 3.16. The molecule has 0 bridgehead atoms. The van der Waals surface area contributed by atoms with Crippen LogP contribution in [0.2, 0.25) is 0 Å². The maximum Gasteiger partial charge on any atom is 0.431 e. The predicted molar refractivity (Wildman–Crippen MR) is 63.9 cm³/mol. The van der Waals surface area contributed by atoms with E-state index in [1.807, 2.05) is 0 Å². The Hall–Kier alpha value is -2.51. The third-order valence-electron chi connectivity index (χ3n) is 2.70. The third kappa shape index (κ3) is 2.31. The van der Waals surface area contributed by atoms with Crippen LogP contribution in [0.1, 0.15) is 5.69 Å². The van der Waals surface area contributed by atoms with Crippen LogP contribution < -0.4 is 11.2 Å². The van der Waals surface area contributed by atoms with E-state index in [1.165, 1.54) is 18.2 Å². The lowest BCUT2D eigenvalue weighted by atomic mass is 10.3. The molecule has 0 radical (unpaired) electrons. The van der Waals surface area contributed by atoms with Gasteiger partial charge in [-0.15, -0.1) is 0 Å². The highest BCUT2D eigenvalue weighted by Crippen LogP contribution is 2.27. The second-order valence-electron chi connectivity index (χ2n) is 4.06. The maximum absolute atomic E-state index is 12.7. The largest absolute Gasteiger partial charge is 0.508 e. The fourth-order valence-electron chi connectivity index (χ4n) is 1.77. The van der Waals surface area contributed by atoms with Crippen LogP contribution in [0, 0.1) is 0 Å². The minimum absolute atomic E-state index is 0.00988. The summed E-state index contributed by atoms with van der Waals surface area (Å²) in [6.45, 7) is 0. The standard InChI is InChI=1S/C12H9F3N2O3/c1-16-9(12(13,14)15)6-10(19)17(11(16)20)7-3-2-4-8(18)5-7/h2-6,18H,1H3. The molecule has 5 nitrogen and oxygen atoms in total. The number of aromatic hydroxyl groups is 1. The normalized spacial score (nSPS) is 11.6. The van der Waals surface area contributed by atoms with Crippen LogP contribution in [-0.4, -0.2) is 14.2 Å². The van der Waals surface area contributed by atoms with E-state index in [4.69, 9.17) is 0 Å². The van der Waals surface area contributed by atoms with Gasteiger partial charge in [0.2, 0.25) is 0 Å². The fourth-order valence-corrected chi connectivity index (χ4v) is 1.77. The summed E-state index contributed by atoms with van der Waals surface area (Å²) >= 11 is 0. The Morgan fingerprint density at radius 3 is 2.35 bits per heavy atom. The van der Waals surface area contributed by atoms with Gasteiger partial charge in [-0.3, -0.25) is 9.36 Å². The lowest BCUT2D eigenvalue weighted by molar-refractivity contribution is -0.144. The van der Waals surface area contributed by atoms with Gasteiger partial charge >= 0.3 is 11.9 Å². The van der Waals surface area contributed by atoms with Crippen molar-refractivity contribution in [2.45, 2.75) is 6.18 Å². The molecule has 8 heteroatoms. The number of benzene rings is 1. The zero-order valence-corrected chi connectivity index (χ0v) is 10.2. The number of phenolic OH excluding ortho intramolecular Hbond substituents is 1. The Morgan fingerprint density at radius 2 is 1.80 bits per heavy atom. The Labute approximate surface area is 110 Å². The minimum Gasteiger partial charge on any atom is -0.508 e. The SMILES string of the molecule is Cn1c(C(F)(F)F)cc(=O)n(-c2cccc(O)c2)c1=O. The van der Waals surface area contributed by atoms with Crippen LogP contribution in [-0.2, 0) is 13.2 Å². The molecule has 0 aliphatic heterocycles. The molecule has 1 N–H and O–H groups in total. The smallest absolute Gasteiger partial charge is 0.431 e. The van der Waals surface area contributed by atoms with E-state index in [-0.39, 0.29) is 11.4 Å². The number of rotatable bonds is 1. The van der Waals surface area contributed by atoms with E-state index in [9.17, 15) is 27.9 Å². The van der Waals surface area contributed by atoms with Gasteiger partial charge < -0.3 is 5.11 Å². The molecule has 0 spiro atoms. The number of alkyl halides is 3. The van der Waals surface area contributed by atoms with Crippen molar-refractivity contribution in [2.75, 3.05) is 0 Å². The highest BCUT2D eigenvalue weighted by atomic mass is 19.4. The van der Waals surface area contributed by atoms with Gasteiger partial charge in [0.25, 0.3) is 5.56 Å². The minimum atomic E-state index is -4.80. The first-order valence-corrected chi connectivity index (χ1v) is 5.41. The van der Waals surface area contributed by atoms with Gasteiger partial charge in [0.1, 0.15) is 11.4 Å². The first-order chi connectivity index (χ1) is 9.21. The molecule has 20 heavy (non-hydrogen) atoms. The predicted octanol–water partition coefficient (Wildman–Crippen LogP) is 1.26. The fraction of sp³-hybridized carbons (Fsp3) is 0.167. The van der Waals surface area contributed by atoms with Crippen molar-refractivity contribution in [3.05, 3.63) is 56.9 Å². The molecule has 0 aliphatic rings. The van der Waals surface area contributed by atoms with Crippen LogP contribution in [0.5, 0.6) is 5.75 Å². The first-order valence-electron chi connectivity index (χ1n) is 5.41. The molecule has 1 heterocycles. The molecule has 0 amide bonds. The molecule has 0 atom stereocenters. The third-order valence-corrected chi connectivity index (χ3v) is 2.70. The average Bonchev–Trinajstić information content (AvgIpc) is 2.33. The summed E-state index contributed by atoms with van der Waals surface area (Å²) in [7, 11) is 0.921. The van der Waals surface area contributed by atoms with Crippen LogP contribution in [0.25, 0.3) is 5.69 Å². The van der Waals surface area contributed by atoms with Crippen molar-refractivity contribution < 1.29 is 18.3 Å². The van der Waals surface area contributed by atoms with E-state index in [1.54, 1.807) is 0 Å². The van der Waals surface area contributed by atoms with Gasteiger partial charge in [0.05, 0.1) is 5.69 Å². The summed E-state index contributed by atoms with van der Waals surface area (Å²) in [6.07, 6.45) is -4.80. The summed E-state index contributed by atoms with van der Waals surface area (Å²) in [5, 5.41) is 9.31. The number of nitrogens with zero attached hydrogens (tertiary/aromatic N) is 2. The molecule has 0 saturated heterocycles. The van der Waals surface area contributed by atoms with Crippen LogP contribution in [0.15, 0.2) is 39.9 Å². The molecule has 1 aromatic carbocycles. The molecular formula is C12H9F3N2O3. The second kappa shape index (κ2) is 4.55. The van der Waals surface area contributed by atoms with Crippen LogP contribution in [0.4, 0.5) is 13.2 Å². The lowest BCUT2D eigenvalue weighted by Crippen LogP contribution is -2.40. The zero-order chi connectivity index (χ0) is 15.1. The highest BCUT2D eigenvalue weighted by Gasteiger charge is 2.35. The molecule has 2 rings (SSSR count). The summed E-state index contributed by atoms with van der Waals surface area (Å²) in [6, 6.07) is 5.45. The topological polar surface area (TPSA) is 64.2 Å². The first kappa shape index (κ1) is 13.9. The average molecular weight is 286 g/mol. The van der Waals surface area contributed by atoms with Crippen LogP contribution >= 0.6 is 0 Å². The van der Waals surface area contributed by atoms with Crippen molar-refractivity contribution >= 4 is 0 Å². The molecule has 0 saturated carbocycles. The summed E-state index contributed by atoms with van der Waals surface area (Å²) in [4.78, 5) is 23.7. The lowest BCUT2D eigenvalue weighted by Gasteiger charge is -2.13. The molecular weight excluding hydrogens is 277 g/mol. The Morgan fingerprint density at radius 1 is 1.15 bits per heavy atom. The van der Waals surface area contributed by atoms with Crippen molar-refractivity contribution in [1.29, 1.82) is 0 Å². The Balaban J connectivity index is 2.79. The van der Waals surface area contributed by atoms with E-state index in [0.717, 1.165) is 13.1 Å². The van der Waals surface area contributed by atoms with Gasteiger partial charge in [0.15, 0.2) is 0 Å². The molecule has 1 aromatic heterocycles. The van der Waals surface area contributed by atoms with Crippen molar-refractivity contribution in [3.63, 3.8) is 0 Å². The molecule has 0 unspecified atom stereocenters. The number of phenols is 1. The number of halogens is 3. The molecule has 0 fully saturated rings. The maximum atomic E-state index is 12.7. The molecule has 106 valence electrons. The zero-order valence-electron chi connectivity index (χ0n) is 10.2. The van der Waals surface area contributed by atoms with Gasteiger partial charge in [-0.25, -0.2) is 9.36 Å². The van der Waals surface area contributed by atoms with E-state index in [2.05, 4.69) is 0 Å². The summed E-state index contributed by atoms with van der Waals surface area (Å²) in [5.41, 5.74) is -3.60. The van der Waals surface area contributed by atoms with Crippen molar-refractivity contribution in [1.82, 2.24) is 9.13 Å². The Bertz CT molecular complexity index is 775. The van der Waals surface area contributed by atoms with Crippen LogP contribution in [0.3, 0.4) is 0 Å². The molecule has 2 aromatic rings. The highest BCUT2D eigenvalue weighted by molar-refractivity contribution is 5.38. The number of hydrogen-bond acceptors (Lipinski definition) is 3. The van der Waals surface area contributed by atoms with E-state index >= 15 is 0 Å².